The summed E-state index contributed by atoms with van der Waals surface area (Å²) in [5.41, 5.74) is 0. The minimum absolute atomic E-state index is 0. The van der Waals surface area contributed by atoms with E-state index in [0.29, 0.717) is 24.9 Å². The number of hydrogen-bond acceptors (Lipinski definition) is 3. The van der Waals surface area contributed by atoms with E-state index in [1.165, 1.54) is 6.42 Å². The summed E-state index contributed by atoms with van der Waals surface area (Å²) in [4.78, 5) is 29.0. The molecule has 2 aliphatic rings. The second-order valence-electron chi connectivity index (χ2n) is 6.77. The Morgan fingerprint density at radius 2 is 2.00 bits per heavy atom. The van der Waals surface area contributed by atoms with E-state index in [2.05, 4.69) is 19.2 Å². The maximum absolute atomic E-state index is 12.8. The molecule has 2 rings (SSSR count). The number of hydrogen-bond donors (Lipinski definition) is 1. The molecule has 0 saturated carbocycles. The van der Waals surface area contributed by atoms with Gasteiger partial charge in [0.25, 0.3) is 0 Å². The predicted octanol–water partition coefficient (Wildman–Crippen LogP) is 1.90. The van der Waals surface area contributed by atoms with Crippen LogP contribution in [0.15, 0.2) is 0 Å². The van der Waals surface area contributed by atoms with Crippen molar-refractivity contribution in [2.45, 2.75) is 52.0 Å². The minimum atomic E-state index is -0.124. The van der Waals surface area contributed by atoms with Gasteiger partial charge in [0.15, 0.2) is 0 Å². The third-order valence-corrected chi connectivity index (χ3v) is 5.21. The van der Waals surface area contributed by atoms with Crippen molar-refractivity contribution in [2.24, 2.45) is 11.8 Å². The van der Waals surface area contributed by atoms with Crippen molar-refractivity contribution in [3.05, 3.63) is 0 Å². The van der Waals surface area contributed by atoms with Gasteiger partial charge in [-0.05, 0) is 45.2 Å². The Kier molecular flexibility index (Phi) is 8.34. The van der Waals surface area contributed by atoms with Crippen molar-refractivity contribution < 1.29 is 9.59 Å². The lowest BCUT2D eigenvalue weighted by molar-refractivity contribution is -0.137. The zero-order valence-electron chi connectivity index (χ0n) is 14.7. The summed E-state index contributed by atoms with van der Waals surface area (Å²) in [6, 6.07) is 0.295. The van der Waals surface area contributed by atoms with Crippen LogP contribution in [0.2, 0.25) is 0 Å². The molecular weight excluding hydrogens is 314 g/mol. The predicted molar refractivity (Wildman–Crippen MR) is 94.7 cm³/mol. The first-order valence-electron chi connectivity index (χ1n) is 8.83. The highest BCUT2D eigenvalue weighted by molar-refractivity contribution is 5.89. The van der Waals surface area contributed by atoms with Crippen LogP contribution in [0.1, 0.15) is 46.0 Å². The van der Waals surface area contributed by atoms with Gasteiger partial charge in [-0.3, -0.25) is 9.59 Å². The minimum Gasteiger partial charge on any atom is -0.342 e. The maximum atomic E-state index is 12.8. The van der Waals surface area contributed by atoms with Crippen molar-refractivity contribution >= 4 is 24.2 Å². The van der Waals surface area contributed by atoms with Gasteiger partial charge in [-0.25, -0.2) is 0 Å². The molecule has 2 fully saturated rings. The average molecular weight is 346 g/mol. The molecule has 0 bridgehead atoms. The van der Waals surface area contributed by atoms with Gasteiger partial charge in [-0.15, -0.1) is 12.4 Å². The van der Waals surface area contributed by atoms with Crippen LogP contribution in [0.3, 0.4) is 0 Å². The molecule has 2 heterocycles. The molecule has 2 unspecified atom stereocenters. The Hall–Kier alpha value is -0.810. The second-order valence-corrected chi connectivity index (χ2v) is 6.77. The lowest BCUT2D eigenvalue weighted by Crippen LogP contribution is -2.45. The normalized spacial score (nSPS) is 25.0. The molecule has 0 spiro atoms. The summed E-state index contributed by atoms with van der Waals surface area (Å²) in [5.74, 6) is 0.787. The molecule has 5 nitrogen and oxygen atoms in total. The molecule has 2 atom stereocenters. The van der Waals surface area contributed by atoms with Crippen LogP contribution in [0.4, 0.5) is 0 Å². The number of rotatable bonds is 6. The molecule has 2 aliphatic heterocycles. The zero-order valence-corrected chi connectivity index (χ0v) is 15.5. The fraction of sp³-hybridized carbons (Fsp3) is 0.882. The van der Waals surface area contributed by atoms with E-state index in [-0.39, 0.29) is 30.1 Å². The van der Waals surface area contributed by atoms with Gasteiger partial charge in [0, 0.05) is 32.1 Å². The van der Waals surface area contributed by atoms with Gasteiger partial charge < -0.3 is 15.1 Å². The smallest absolute Gasteiger partial charge is 0.228 e. The summed E-state index contributed by atoms with van der Waals surface area (Å²) in [5, 5.41) is 3.21. The molecule has 0 aromatic carbocycles. The summed E-state index contributed by atoms with van der Waals surface area (Å²) in [6.45, 7) is 7.52. The van der Waals surface area contributed by atoms with Crippen LogP contribution in [-0.4, -0.2) is 60.9 Å². The lowest BCUT2D eigenvalue weighted by atomic mass is 9.96. The van der Waals surface area contributed by atoms with Crippen LogP contribution in [0, 0.1) is 11.8 Å². The molecule has 23 heavy (non-hydrogen) atoms. The first kappa shape index (κ1) is 20.2. The summed E-state index contributed by atoms with van der Waals surface area (Å²) >= 11 is 0. The van der Waals surface area contributed by atoms with Crippen molar-refractivity contribution in [3.8, 4) is 0 Å². The van der Waals surface area contributed by atoms with Crippen LogP contribution >= 0.6 is 12.4 Å². The molecule has 2 amide bonds. The highest BCUT2D eigenvalue weighted by Crippen LogP contribution is 2.26. The first-order valence-corrected chi connectivity index (χ1v) is 8.83. The molecule has 0 aliphatic carbocycles. The molecule has 0 aromatic rings. The number of nitrogens with zero attached hydrogens (tertiary/aromatic N) is 2. The molecule has 1 N–H and O–H groups in total. The lowest BCUT2D eigenvalue weighted by Gasteiger charge is -2.34. The Morgan fingerprint density at radius 3 is 2.61 bits per heavy atom. The molecule has 6 heteroatoms. The van der Waals surface area contributed by atoms with Crippen molar-refractivity contribution in [1.82, 2.24) is 15.1 Å². The van der Waals surface area contributed by atoms with Crippen molar-refractivity contribution in [2.75, 3.05) is 33.2 Å². The second kappa shape index (κ2) is 9.48. The van der Waals surface area contributed by atoms with E-state index in [9.17, 15) is 9.59 Å². The topological polar surface area (TPSA) is 52.7 Å². The first-order chi connectivity index (χ1) is 10.6. The quantitative estimate of drug-likeness (QED) is 0.800. The molecular formula is C17H32ClN3O2. The number of amides is 2. The van der Waals surface area contributed by atoms with Crippen LogP contribution in [0.25, 0.3) is 0 Å². The average Bonchev–Trinajstić information content (AvgIpc) is 2.90. The summed E-state index contributed by atoms with van der Waals surface area (Å²) < 4.78 is 0. The Morgan fingerprint density at radius 1 is 1.30 bits per heavy atom. The van der Waals surface area contributed by atoms with Crippen LogP contribution in [-0.2, 0) is 9.59 Å². The number of halogens is 1. The number of piperidine rings is 1. The van der Waals surface area contributed by atoms with Crippen molar-refractivity contribution in [3.63, 3.8) is 0 Å². The van der Waals surface area contributed by atoms with E-state index in [1.54, 1.807) is 0 Å². The molecule has 134 valence electrons. The number of nitrogens with one attached hydrogen (secondary N) is 1. The fourth-order valence-corrected chi connectivity index (χ4v) is 3.96. The van der Waals surface area contributed by atoms with Gasteiger partial charge >= 0.3 is 0 Å². The van der Waals surface area contributed by atoms with Gasteiger partial charge in [0.2, 0.25) is 11.8 Å². The Bertz CT molecular complexity index is 399. The van der Waals surface area contributed by atoms with E-state index < -0.39 is 0 Å². The van der Waals surface area contributed by atoms with E-state index >= 15 is 0 Å². The standard InChI is InChI=1S/C17H31N3O2.ClH/c1-4-15(5-2)20-12-14(9-16(20)21)17(22)19-8-6-7-13(11-19)10-18-3;/h13-15,18H,4-12H2,1-3H3;1H. The van der Waals surface area contributed by atoms with Crippen LogP contribution in [0.5, 0.6) is 0 Å². The summed E-state index contributed by atoms with van der Waals surface area (Å²) in [6.07, 6.45) is 4.61. The van der Waals surface area contributed by atoms with Crippen molar-refractivity contribution in [1.29, 1.82) is 0 Å². The highest BCUT2D eigenvalue weighted by Gasteiger charge is 2.39. The number of carbonyl (C=O) groups is 2. The van der Waals surface area contributed by atoms with Crippen LogP contribution < -0.4 is 5.32 Å². The molecule has 2 saturated heterocycles. The van der Waals surface area contributed by atoms with E-state index in [0.717, 1.165) is 38.9 Å². The third-order valence-electron chi connectivity index (χ3n) is 5.21. The monoisotopic (exact) mass is 345 g/mol. The Labute approximate surface area is 146 Å². The maximum Gasteiger partial charge on any atom is 0.228 e. The number of likely N-dealkylation sites (tertiary alicyclic amines) is 2. The highest BCUT2D eigenvalue weighted by atomic mass is 35.5. The van der Waals surface area contributed by atoms with Gasteiger partial charge in [0.1, 0.15) is 0 Å². The summed E-state index contributed by atoms with van der Waals surface area (Å²) in [7, 11) is 1.96. The SMILES string of the molecule is CCC(CC)N1CC(C(=O)N2CCCC(CNC)C2)CC1=O.Cl. The number of carbonyl (C=O) groups excluding carboxylic acids is 2. The van der Waals surface area contributed by atoms with Gasteiger partial charge in [0.05, 0.1) is 5.92 Å². The van der Waals surface area contributed by atoms with Gasteiger partial charge in [-0.2, -0.15) is 0 Å². The Balaban J connectivity index is 0.00000264. The van der Waals surface area contributed by atoms with Gasteiger partial charge in [-0.1, -0.05) is 13.8 Å². The zero-order chi connectivity index (χ0) is 16.1. The largest absolute Gasteiger partial charge is 0.342 e. The fourth-order valence-electron chi connectivity index (χ4n) is 3.96. The van der Waals surface area contributed by atoms with E-state index in [4.69, 9.17) is 0 Å². The molecule has 0 radical (unpaired) electrons. The van der Waals surface area contributed by atoms with E-state index in [1.807, 2.05) is 16.8 Å². The molecule has 0 aromatic heterocycles. The third kappa shape index (κ3) is 4.83.